The Morgan fingerprint density at radius 2 is 1.85 bits per heavy atom. The lowest BCUT2D eigenvalue weighted by Crippen LogP contribution is -2.19. The molecule has 0 bridgehead atoms. The monoisotopic (exact) mass is 275 g/mol. The Morgan fingerprint density at radius 3 is 2.50 bits per heavy atom. The molecule has 1 aliphatic rings. The van der Waals surface area contributed by atoms with E-state index in [-0.39, 0.29) is 0 Å². The summed E-state index contributed by atoms with van der Waals surface area (Å²) in [6.45, 7) is 6.37. The fourth-order valence-corrected chi connectivity index (χ4v) is 2.90. The Labute approximate surface area is 123 Å². The van der Waals surface area contributed by atoms with Crippen molar-refractivity contribution in [2.24, 2.45) is 5.92 Å². The second-order valence-corrected chi connectivity index (χ2v) is 6.06. The molecule has 1 aliphatic carbocycles. The van der Waals surface area contributed by atoms with Crippen LogP contribution in [-0.2, 0) is 0 Å². The summed E-state index contributed by atoms with van der Waals surface area (Å²) in [5, 5.41) is 3.51. The third-order valence-corrected chi connectivity index (χ3v) is 4.29. The first-order valence-electron chi connectivity index (χ1n) is 8.25. The first-order valence-corrected chi connectivity index (χ1v) is 8.25. The number of hydrogen-bond acceptors (Lipinski definition) is 2. The van der Waals surface area contributed by atoms with Crippen LogP contribution in [0, 0.1) is 5.92 Å². The van der Waals surface area contributed by atoms with Crippen molar-refractivity contribution < 1.29 is 4.74 Å². The molecule has 0 saturated heterocycles. The topological polar surface area (TPSA) is 21.3 Å². The molecule has 0 aliphatic heterocycles. The van der Waals surface area contributed by atoms with E-state index in [2.05, 4.69) is 43.4 Å². The van der Waals surface area contributed by atoms with Crippen molar-refractivity contribution in [2.75, 3.05) is 13.2 Å². The molecule has 112 valence electrons. The molecule has 2 rings (SSSR count). The fourth-order valence-electron chi connectivity index (χ4n) is 2.90. The van der Waals surface area contributed by atoms with E-state index in [4.69, 9.17) is 4.74 Å². The number of nitrogens with one attached hydrogen (secondary N) is 1. The van der Waals surface area contributed by atoms with Crippen LogP contribution in [0.2, 0.25) is 0 Å². The van der Waals surface area contributed by atoms with Gasteiger partial charge in [0.15, 0.2) is 0 Å². The first kappa shape index (κ1) is 15.4. The van der Waals surface area contributed by atoms with Gasteiger partial charge in [0, 0.05) is 6.04 Å². The van der Waals surface area contributed by atoms with Crippen LogP contribution in [0.3, 0.4) is 0 Å². The van der Waals surface area contributed by atoms with E-state index in [0.717, 1.165) is 24.8 Å². The molecule has 0 amide bonds. The smallest absolute Gasteiger partial charge is 0.119 e. The molecular formula is C18H29NO. The second kappa shape index (κ2) is 8.31. The normalized spacial score (nSPS) is 17.9. The van der Waals surface area contributed by atoms with Crippen molar-refractivity contribution in [1.29, 1.82) is 0 Å². The zero-order valence-electron chi connectivity index (χ0n) is 13.0. The van der Waals surface area contributed by atoms with Crippen LogP contribution in [0.25, 0.3) is 0 Å². The molecule has 1 fully saturated rings. The average Bonchev–Trinajstić information content (AvgIpc) is 2.52. The Morgan fingerprint density at radius 1 is 1.15 bits per heavy atom. The Kier molecular flexibility index (Phi) is 6.38. The summed E-state index contributed by atoms with van der Waals surface area (Å²) in [5.74, 6) is 1.79. The summed E-state index contributed by atoms with van der Waals surface area (Å²) in [6, 6.07) is 9.01. The van der Waals surface area contributed by atoms with Gasteiger partial charge in [-0.1, -0.05) is 38.3 Å². The van der Waals surface area contributed by atoms with Gasteiger partial charge in [0.2, 0.25) is 0 Å². The van der Waals surface area contributed by atoms with Crippen molar-refractivity contribution in [3.05, 3.63) is 29.8 Å². The van der Waals surface area contributed by atoms with Crippen LogP contribution in [0.15, 0.2) is 24.3 Å². The van der Waals surface area contributed by atoms with Crippen molar-refractivity contribution in [3.63, 3.8) is 0 Å². The van der Waals surface area contributed by atoms with E-state index in [1.807, 2.05) is 0 Å². The molecule has 2 heteroatoms. The predicted octanol–water partition coefficient (Wildman–Crippen LogP) is 4.71. The number of hydrogen-bond donors (Lipinski definition) is 1. The molecule has 1 unspecified atom stereocenters. The second-order valence-electron chi connectivity index (χ2n) is 6.06. The van der Waals surface area contributed by atoms with Crippen LogP contribution in [0.4, 0.5) is 0 Å². The maximum atomic E-state index is 5.94. The van der Waals surface area contributed by atoms with Crippen molar-refractivity contribution in [3.8, 4) is 5.75 Å². The predicted molar refractivity (Wildman–Crippen MR) is 85.2 cm³/mol. The van der Waals surface area contributed by atoms with Gasteiger partial charge in [-0.25, -0.2) is 0 Å². The molecular weight excluding hydrogens is 246 g/mol. The van der Waals surface area contributed by atoms with E-state index in [1.165, 1.54) is 44.1 Å². The zero-order valence-corrected chi connectivity index (χ0v) is 13.0. The van der Waals surface area contributed by atoms with Gasteiger partial charge in [0.25, 0.3) is 0 Å². The molecule has 20 heavy (non-hydrogen) atoms. The van der Waals surface area contributed by atoms with Crippen LogP contribution >= 0.6 is 0 Å². The molecule has 1 atom stereocenters. The van der Waals surface area contributed by atoms with Gasteiger partial charge < -0.3 is 10.1 Å². The van der Waals surface area contributed by atoms with Gasteiger partial charge in [-0.05, 0) is 56.3 Å². The summed E-state index contributed by atoms with van der Waals surface area (Å²) in [4.78, 5) is 0. The summed E-state index contributed by atoms with van der Waals surface area (Å²) >= 11 is 0. The van der Waals surface area contributed by atoms with Crippen molar-refractivity contribution in [1.82, 2.24) is 5.32 Å². The van der Waals surface area contributed by atoms with E-state index in [0.29, 0.717) is 6.04 Å². The molecule has 2 nitrogen and oxygen atoms in total. The van der Waals surface area contributed by atoms with Gasteiger partial charge >= 0.3 is 0 Å². The lowest BCUT2D eigenvalue weighted by Gasteiger charge is -2.21. The highest BCUT2D eigenvalue weighted by atomic mass is 16.5. The lowest BCUT2D eigenvalue weighted by molar-refractivity contribution is 0.209. The molecule has 0 heterocycles. The van der Waals surface area contributed by atoms with Crippen LogP contribution in [-0.4, -0.2) is 13.2 Å². The lowest BCUT2D eigenvalue weighted by atomic mass is 9.90. The maximum absolute atomic E-state index is 5.94. The SMILES string of the molecule is CCCNC(C)c1ccc(OCC2CCCCC2)cc1. The number of rotatable bonds is 7. The molecule has 0 aromatic heterocycles. The van der Waals surface area contributed by atoms with Crippen LogP contribution in [0.5, 0.6) is 5.75 Å². The van der Waals surface area contributed by atoms with E-state index in [9.17, 15) is 0 Å². The van der Waals surface area contributed by atoms with Gasteiger partial charge in [0.05, 0.1) is 6.61 Å². The molecule has 1 aromatic carbocycles. The van der Waals surface area contributed by atoms with Gasteiger partial charge in [0.1, 0.15) is 5.75 Å². The summed E-state index contributed by atoms with van der Waals surface area (Å²) in [7, 11) is 0. The van der Waals surface area contributed by atoms with E-state index < -0.39 is 0 Å². The number of ether oxygens (including phenoxy) is 1. The van der Waals surface area contributed by atoms with Gasteiger partial charge in [-0.15, -0.1) is 0 Å². The molecule has 1 saturated carbocycles. The Hall–Kier alpha value is -1.02. The van der Waals surface area contributed by atoms with E-state index >= 15 is 0 Å². The van der Waals surface area contributed by atoms with E-state index in [1.54, 1.807) is 0 Å². The van der Waals surface area contributed by atoms with Crippen LogP contribution in [0.1, 0.15) is 64.0 Å². The zero-order chi connectivity index (χ0) is 14.2. The number of benzene rings is 1. The molecule has 0 radical (unpaired) electrons. The quantitative estimate of drug-likeness (QED) is 0.778. The van der Waals surface area contributed by atoms with Crippen LogP contribution < -0.4 is 10.1 Å². The highest BCUT2D eigenvalue weighted by Crippen LogP contribution is 2.25. The standard InChI is InChI=1S/C18H29NO/c1-3-13-19-15(2)17-9-11-18(12-10-17)20-14-16-7-5-4-6-8-16/h9-12,15-16,19H,3-8,13-14H2,1-2H3. The highest BCUT2D eigenvalue weighted by Gasteiger charge is 2.14. The highest BCUT2D eigenvalue weighted by molar-refractivity contribution is 5.28. The minimum Gasteiger partial charge on any atom is -0.493 e. The van der Waals surface area contributed by atoms with Gasteiger partial charge in [-0.3, -0.25) is 0 Å². The summed E-state index contributed by atoms with van der Waals surface area (Å²) in [6.07, 6.45) is 8.04. The minimum absolute atomic E-state index is 0.419. The van der Waals surface area contributed by atoms with Crippen molar-refractivity contribution in [2.45, 2.75) is 58.4 Å². The first-order chi connectivity index (χ1) is 9.79. The fraction of sp³-hybridized carbons (Fsp3) is 0.667. The summed E-state index contributed by atoms with van der Waals surface area (Å²) < 4.78 is 5.94. The molecule has 1 aromatic rings. The van der Waals surface area contributed by atoms with Gasteiger partial charge in [-0.2, -0.15) is 0 Å². The largest absolute Gasteiger partial charge is 0.493 e. The molecule has 1 N–H and O–H groups in total. The van der Waals surface area contributed by atoms with Crippen molar-refractivity contribution >= 4 is 0 Å². The third-order valence-electron chi connectivity index (χ3n) is 4.29. The minimum atomic E-state index is 0.419. The Bertz CT molecular complexity index is 368. The maximum Gasteiger partial charge on any atom is 0.119 e. The summed E-state index contributed by atoms with van der Waals surface area (Å²) in [5.41, 5.74) is 1.34. The average molecular weight is 275 g/mol. The molecule has 0 spiro atoms. The Balaban J connectivity index is 1.78. The third kappa shape index (κ3) is 4.82.